The summed E-state index contributed by atoms with van der Waals surface area (Å²) in [5.41, 5.74) is 14.1. The third-order valence-electron chi connectivity index (χ3n) is 11.0. The first kappa shape index (κ1) is 27.9. The SMILES string of the molecule is C1=Cc2oc3ccc(-n4c5cccnc5c5c4ccc4c6ccc7c(c8ncccc8n7-c7ccccc7)c6n(-c6ccccc6)c45)cc3c2CC1. The molecule has 52 heavy (non-hydrogen) atoms. The smallest absolute Gasteiger partial charge is 0.135 e. The number of nitrogens with zero attached hydrogens (tertiary/aromatic N) is 5. The molecule has 0 saturated heterocycles. The number of pyridine rings is 2. The van der Waals surface area contributed by atoms with Crippen molar-refractivity contribution in [1.82, 2.24) is 23.7 Å². The number of fused-ring (bicyclic) bond motifs is 14. The number of benzene rings is 5. The fourth-order valence-electron chi connectivity index (χ4n) is 8.88. The van der Waals surface area contributed by atoms with Crippen LogP contribution in [0, 0.1) is 0 Å². The van der Waals surface area contributed by atoms with E-state index in [9.17, 15) is 0 Å². The third-order valence-corrected chi connectivity index (χ3v) is 11.0. The van der Waals surface area contributed by atoms with Gasteiger partial charge in [-0.2, -0.15) is 0 Å². The topological polar surface area (TPSA) is 53.7 Å². The highest BCUT2D eigenvalue weighted by atomic mass is 16.3. The van der Waals surface area contributed by atoms with Crippen LogP contribution in [0.4, 0.5) is 0 Å². The highest BCUT2D eigenvalue weighted by Gasteiger charge is 2.26. The summed E-state index contributed by atoms with van der Waals surface area (Å²) in [6.45, 7) is 0. The van der Waals surface area contributed by atoms with Crippen molar-refractivity contribution < 1.29 is 4.42 Å². The molecule has 0 atom stereocenters. The number of aromatic nitrogens is 5. The number of hydrogen-bond donors (Lipinski definition) is 0. The van der Waals surface area contributed by atoms with Gasteiger partial charge in [0.05, 0.1) is 54.9 Å². The molecule has 6 nitrogen and oxygen atoms in total. The Kier molecular flexibility index (Phi) is 5.52. The highest BCUT2D eigenvalue weighted by molar-refractivity contribution is 6.30. The molecular weight excluding hydrogens is 639 g/mol. The molecule has 6 heteroatoms. The van der Waals surface area contributed by atoms with Crippen LogP contribution in [-0.2, 0) is 6.42 Å². The predicted molar refractivity (Wildman–Crippen MR) is 212 cm³/mol. The lowest BCUT2D eigenvalue weighted by atomic mass is 10.0. The van der Waals surface area contributed by atoms with E-state index < -0.39 is 0 Å². The van der Waals surface area contributed by atoms with Crippen molar-refractivity contribution in [3.63, 3.8) is 0 Å². The number of para-hydroxylation sites is 2. The Morgan fingerprint density at radius 3 is 1.73 bits per heavy atom. The first-order chi connectivity index (χ1) is 25.8. The van der Waals surface area contributed by atoms with Gasteiger partial charge < -0.3 is 18.1 Å². The van der Waals surface area contributed by atoms with Gasteiger partial charge in [-0.15, -0.1) is 0 Å². The molecule has 0 fully saturated rings. The van der Waals surface area contributed by atoms with E-state index in [1.165, 1.54) is 21.7 Å². The quantitative estimate of drug-likeness (QED) is 0.188. The van der Waals surface area contributed by atoms with Gasteiger partial charge in [0, 0.05) is 51.2 Å². The Morgan fingerprint density at radius 2 is 1.10 bits per heavy atom. The first-order valence-corrected chi connectivity index (χ1v) is 17.8. The van der Waals surface area contributed by atoms with Gasteiger partial charge in [-0.3, -0.25) is 9.97 Å². The Bertz CT molecular complexity index is 3290. The van der Waals surface area contributed by atoms with Gasteiger partial charge in [-0.05, 0) is 97.8 Å². The zero-order valence-corrected chi connectivity index (χ0v) is 28.0. The van der Waals surface area contributed by atoms with Crippen LogP contribution < -0.4 is 0 Å². The molecule has 12 rings (SSSR count). The third kappa shape index (κ3) is 3.62. The molecule has 0 spiro atoms. The summed E-state index contributed by atoms with van der Waals surface area (Å²) in [6, 6.07) is 45.5. The number of hydrogen-bond acceptors (Lipinski definition) is 3. The highest BCUT2D eigenvalue weighted by Crippen LogP contribution is 2.45. The second-order valence-corrected chi connectivity index (χ2v) is 13.7. The molecule has 0 N–H and O–H groups in total. The van der Waals surface area contributed by atoms with Crippen LogP contribution in [0.1, 0.15) is 17.7 Å². The Morgan fingerprint density at radius 1 is 0.500 bits per heavy atom. The van der Waals surface area contributed by atoms with E-state index in [2.05, 4.69) is 141 Å². The van der Waals surface area contributed by atoms with Crippen LogP contribution in [0.2, 0.25) is 0 Å². The number of furan rings is 1. The van der Waals surface area contributed by atoms with Crippen molar-refractivity contribution >= 4 is 82.7 Å². The number of rotatable bonds is 3. The van der Waals surface area contributed by atoms with E-state index in [-0.39, 0.29) is 0 Å². The minimum atomic E-state index is 0.929. The summed E-state index contributed by atoms with van der Waals surface area (Å²) in [4.78, 5) is 10.2. The lowest BCUT2D eigenvalue weighted by Crippen LogP contribution is -1.96. The molecule has 0 amide bonds. The fourth-order valence-corrected chi connectivity index (χ4v) is 8.88. The predicted octanol–water partition coefficient (Wildman–Crippen LogP) is 11.5. The molecular formula is C46H29N5O. The van der Waals surface area contributed by atoms with Crippen molar-refractivity contribution in [2.75, 3.05) is 0 Å². The average molecular weight is 668 g/mol. The standard InChI is InChI=1S/C46H29N5O/c1-3-11-28(12-4-1)49-35-22-20-32-33-21-23-36-42(46(33)51(29-13-5-2-6-14-29)45(32)41(35)43-37(49)16-9-25-47-43)44-38(17-10-26-48-44)50(36)30-19-24-40-34(27-30)31-15-7-8-18-39(31)52-40/h1-6,8-14,16-27H,7,15H2. The Balaban J connectivity index is 1.27. The molecule has 244 valence electrons. The minimum absolute atomic E-state index is 0.929. The molecule has 6 heterocycles. The molecule has 5 aromatic carbocycles. The maximum atomic E-state index is 6.27. The van der Waals surface area contributed by atoms with Crippen molar-refractivity contribution in [1.29, 1.82) is 0 Å². The van der Waals surface area contributed by atoms with E-state index in [4.69, 9.17) is 14.4 Å². The Hall–Kier alpha value is -6.92. The number of aryl methyl sites for hydroxylation is 1. The maximum Gasteiger partial charge on any atom is 0.135 e. The summed E-state index contributed by atoms with van der Waals surface area (Å²) in [6.07, 6.45) is 10.2. The summed E-state index contributed by atoms with van der Waals surface area (Å²) in [5.74, 6) is 0.978. The molecule has 0 unspecified atom stereocenters. The molecule has 1 aliphatic carbocycles. The van der Waals surface area contributed by atoms with Crippen LogP contribution >= 0.6 is 0 Å². The van der Waals surface area contributed by atoms with Crippen LogP contribution in [-0.4, -0.2) is 23.7 Å². The zero-order valence-electron chi connectivity index (χ0n) is 28.0. The van der Waals surface area contributed by atoms with Crippen LogP contribution in [0.3, 0.4) is 0 Å². The Labute approximate surface area is 297 Å². The van der Waals surface area contributed by atoms with Crippen molar-refractivity contribution in [3.05, 3.63) is 157 Å². The van der Waals surface area contributed by atoms with E-state index in [1.54, 1.807) is 0 Å². The molecule has 1 aliphatic rings. The second kappa shape index (κ2) is 10.3. The van der Waals surface area contributed by atoms with Crippen LogP contribution in [0.5, 0.6) is 0 Å². The van der Waals surface area contributed by atoms with Gasteiger partial charge in [0.15, 0.2) is 0 Å². The zero-order chi connectivity index (χ0) is 33.9. The van der Waals surface area contributed by atoms with E-state index in [0.29, 0.717) is 0 Å². The first-order valence-electron chi connectivity index (χ1n) is 17.8. The lowest BCUT2D eigenvalue weighted by Gasteiger charge is -2.11. The molecule has 0 radical (unpaired) electrons. The van der Waals surface area contributed by atoms with Crippen LogP contribution in [0.15, 0.2) is 150 Å². The summed E-state index contributed by atoms with van der Waals surface area (Å²) < 4.78 is 13.4. The van der Waals surface area contributed by atoms with Crippen molar-refractivity contribution in [2.24, 2.45) is 0 Å². The van der Waals surface area contributed by atoms with Gasteiger partial charge in [-0.1, -0.05) is 54.6 Å². The van der Waals surface area contributed by atoms with E-state index >= 15 is 0 Å². The second-order valence-electron chi connectivity index (χ2n) is 13.7. The average Bonchev–Trinajstić information content (AvgIpc) is 3.94. The molecule has 0 saturated carbocycles. The fraction of sp³-hybridized carbons (Fsp3) is 0.0435. The lowest BCUT2D eigenvalue weighted by molar-refractivity contribution is 0.595. The van der Waals surface area contributed by atoms with Gasteiger partial charge in [0.25, 0.3) is 0 Å². The van der Waals surface area contributed by atoms with E-state index in [0.717, 1.165) is 96.2 Å². The van der Waals surface area contributed by atoms with E-state index in [1.807, 2.05) is 24.5 Å². The molecule has 0 bridgehead atoms. The monoisotopic (exact) mass is 667 g/mol. The summed E-state index contributed by atoms with van der Waals surface area (Å²) in [7, 11) is 0. The van der Waals surface area contributed by atoms with Gasteiger partial charge >= 0.3 is 0 Å². The minimum Gasteiger partial charge on any atom is -0.456 e. The molecule has 0 aliphatic heterocycles. The molecule has 6 aromatic heterocycles. The maximum absolute atomic E-state index is 6.27. The van der Waals surface area contributed by atoms with Gasteiger partial charge in [0.1, 0.15) is 11.3 Å². The van der Waals surface area contributed by atoms with Gasteiger partial charge in [-0.25, -0.2) is 0 Å². The number of allylic oxidation sites excluding steroid dienone is 1. The van der Waals surface area contributed by atoms with Crippen molar-refractivity contribution in [3.8, 4) is 17.1 Å². The summed E-state index contributed by atoms with van der Waals surface area (Å²) in [5, 5.41) is 5.80. The summed E-state index contributed by atoms with van der Waals surface area (Å²) >= 11 is 0. The van der Waals surface area contributed by atoms with Crippen molar-refractivity contribution in [2.45, 2.75) is 12.8 Å². The van der Waals surface area contributed by atoms with Gasteiger partial charge in [0.2, 0.25) is 0 Å². The van der Waals surface area contributed by atoms with Crippen LogP contribution in [0.25, 0.3) is 99.8 Å². The molecule has 11 aromatic rings. The largest absolute Gasteiger partial charge is 0.456 e. The normalized spacial score (nSPS) is 13.2.